The van der Waals surface area contributed by atoms with Gasteiger partial charge in [0.15, 0.2) is 0 Å². The van der Waals surface area contributed by atoms with Gasteiger partial charge < -0.3 is 14.8 Å². The van der Waals surface area contributed by atoms with E-state index in [2.05, 4.69) is 5.32 Å². The van der Waals surface area contributed by atoms with Crippen LogP contribution in [0.5, 0.6) is 5.75 Å². The summed E-state index contributed by atoms with van der Waals surface area (Å²) in [5.74, 6) is 0.329. The molecule has 0 aliphatic carbocycles. The van der Waals surface area contributed by atoms with Crippen LogP contribution in [0.15, 0.2) is 54.6 Å². The Morgan fingerprint density at radius 1 is 1.08 bits per heavy atom. The molecular formula is C21H25NO4. The Morgan fingerprint density at radius 3 is 2.54 bits per heavy atom. The zero-order valence-electron chi connectivity index (χ0n) is 15.2. The number of esters is 1. The molecule has 1 unspecified atom stereocenters. The highest BCUT2D eigenvalue weighted by Gasteiger charge is 2.18. The van der Waals surface area contributed by atoms with E-state index in [0.717, 1.165) is 16.9 Å². The van der Waals surface area contributed by atoms with E-state index in [1.807, 2.05) is 61.5 Å². The predicted octanol–water partition coefficient (Wildman–Crippen LogP) is 3.57. The molecule has 2 aromatic carbocycles. The van der Waals surface area contributed by atoms with Crippen LogP contribution < -0.4 is 10.1 Å². The van der Waals surface area contributed by atoms with E-state index in [-0.39, 0.29) is 18.3 Å². The second-order valence-corrected chi connectivity index (χ2v) is 6.08. The lowest BCUT2D eigenvalue weighted by Gasteiger charge is -2.18. The first kappa shape index (κ1) is 19.5. The standard InChI is InChI=1S/C21H25NO4/c1-16-8-6-11-18(14-16)26-13-7-12-20(23)22-19(15-21(24)25-2)17-9-4-3-5-10-17/h3-6,8-11,14,19H,7,12-13,15H2,1-2H3,(H,22,23). The van der Waals surface area contributed by atoms with Crippen LogP contribution in [0.1, 0.15) is 36.4 Å². The van der Waals surface area contributed by atoms with Crippen LogP contribution in [0.2, 0.25) is 0 Å². The number of aryl methyl sites for hydroxylation is 1. The van der Waals surface area contributed by atoms with E-state index in [1.54, 1.807) is 0 Å². The van der Waals surface area contributed by atoms with Crippen molar-refractivity contribution in [3.8, 4) is 5.75 Å². The van der Waals surface area contributed by atoms with E-state index in [0.29, 0.717) is 19.4 Å². The van der Waals surface area contributed by atoms with E-state index in [4.69, 9.17) is 9.47 Å². The fourth-order valence-corrected chi connectivity index (χ4v) is 2.58. The van der Waals surface area contributed by atoms with Crippen molar-refractivity contribution in [3.63, 3.8) is 0 Å². The summed E-state index contributed by atoms with van der Waals surface area (Å²) in [6.07, 6.45) is 1.03. The molecule has 1 amide bonds. The summed E-state index contributed by atoms with van der Waals surface area (Å²) < 4.78 is 10.4. The third kappa shape index (κ3) is 6.59. The van der Waals surface area contributed by atoms with Gasteiger partial charge in [0.1, 0.15) is 5.75 Å². The number of rotatable bonds is 9. The third-order valence-electron chi connectivity index (χ3n) is 3.94. The van der Waals surface area contributed by atoms with Crippen molar-refractivity contribution in [1.82, 2.24) is 5.32 Å². The first-order valence-electron chi connectivity index (χ1n) is 8.69. The van der Waals surface area contributed by atoms with E-state index in [1.165, 1.54) is 7.11 Å². The van der Waals surface area contributed by atoms with Gasteiger partial charge in [0.25, 0.3) is 0 Å². The Hall–Kier alpha value is -2.82. The van der Waals surface area contributed by atoms with Crippen LogP contribution in [0.4, 0.5) is 0 Å². The number of benzene rings is 2. The monoisotopic (exact) mass is 355 g/mol. The number of amides is 1. The molecule has 1 N–H and O–H groups in total. The van der Waals surface area contributed by atoms with Crippen molar-refractivity contribution < 1.29 is 19.1 Å². The normalized spacial score (nSPS) is 11.5. The fourth-order valence-electron chi connectivity index (χ4n) is 2.58. The van der Waals surface area contributed by atoms with E-state index < -0.39 is 6.04 Å². The van der Waals surface area contributed by atoms with Crippen molar-refractivity contribution in [2.75, 3.05) is 13.7 Å². The molecule has 0 saturated heterocycles. The molecule has 0 spiro atoms. The van der Waals surface area contributed by atoms with Crippen molar-refractivity contribution in [2.24, 2.45) is 0 Å². The average molecular weight is 355 g/mol. The third-order valence-corrected chi connectivity index (χ3v) is 3.94. The number of hydrogen-bond donors (Lipinski definition) is 1. The number of carbonyl (C=O) groups excluding carboxylic acids is 2. The molecule has 5 heteroatoms. The molecule has 0 aromatic heterocycles. The molecule has 5 nitrogen and oxygen atoms in total. The molecule has 0 heterocycles. The largest absolute Gasteiger partial charge is 0.494 e. The molecule has 0 aliphatic heterocycles. The molecule has 0 radical (unpaired) electrons. The highest BCUT2D eigenvalue weighted by Crippen LogP contribution is 2.18. The van der Waals surface area contributed by atoms with Gasteiger partial charge in [-0.3, -0.25) is 9.59 Å². The van der Waals surface area contributed by atoms with E-state index >= 15 is 0 Å². The summed E-state index contributed by atoms with van der Waals surface area (Å²) >= 11 is 0. The van der Waals surface area contributed by atoms with Gasteiger partial charge in [0, 0.05) is 6.42 Å². The molecule has 1 atom stereocenters. The second-order valence-electron chi connectivity index (χ2n) is 6.08. The quantitative estimate of drug-likeness (QED) is 0.552. The summed E-state index contributed by atoms with van der Waals surface area (Å²) in [6, 6.07) is 16.8. The molecule has 26 heavy (non-hydrogen) atoms. The maximum Gasteiger partial charge on any atom is 0.307 e. The molecule has 0 fully saturated rings. The Labute approximate surface area is 154 Å². The van der Waals surface area contributed by atoms with Crippen molar-refractivity contribution in [3.05, 3.63) is 65.7 Å². The number of methoxy groups -OCH3 is 1. The Morgan fingerprint density at radius 2 is 1.85 bits per heavy atom. The molecule has 0 saturated carbocycles. The molecule has 2 rings (SSSR count). The van der Waals surface area contributed by atoms with Crippen LogP contribution in [-0.4, -0.2) is 25.6 Å². The Bertz CT molecular complexity index is 715. The van der Waals surface area contributed by atoms with Crippen LogP contribution in [0, 0.1) is 6.92 Å². The zero-order valence-corrected chi connectivity index (χ0v) is 15.2. The SMILES string of the molecule is COC(=O)CC(NC(=O)CCCOc1cccc(C)c1)c1ccccc1. The lowest BCUT2D eigenvalue weighted by molar-refractivity contribution is -0.141. The highest BCUT2D eigenvalue weighted by atomic mass is 16.5. The van der Waals surface area contributed by atoms with Gasteiger partial charge in [-0.15, -0.1) is 0 Å². The molecular weight excluding hydrogens is 330 g/mol. The minimum Gasteiger partial charge on any atom is -0.494 e. The maximum atomic E-state index is 12.2. The van der Waals surface area contributed by atoms with Gasteiger partial charge in [-0.05, 0) is 36.6 Å². The van der Waals surface area contributed by atoms with Crippen LogP contribution in [-0.2, 0) is 14.3 Å². The Balaban J connectivity index is 1.82. The summed E-state index contributed by atoms with van der Waals surface area (Å²) in [7, 11) is 1.34. The smallest absolute Gasteiger partial charge is 0.307 e. The second kappa shape index (κ2) is 10.2. The van der Waals surface area contributed by atoms with Crippen LogP contribution in [0.3, 0.4) is 0 Å². The lowest BCUT2D eigenvalue weighted by Crippen LogP contribution is -2.30. The first-order chi connectivity index (χ1) is 12.6. The zero-order chi connectivity index (χ0) is 18.8. The molecule has 138 valence electrons. The van der Waals surface area contributed by atoms with Gasteiger partial charge in [-0.1, -0.05) is 42.5 Å². The molecule has 2 aromatic rings. The number of hydrogen-bond acceptors (Lipinski definition) is 4. The van der Waals surface area contributed by atoms with Crippen molar-refractivity contribution >= 4 is 11.9 Å². The number of ether oxygens (including phenoxy) is 2. The average Bonchev–Trinajstić information content (AvgIpc) is 2.65. The van der Waals surface area contributed by atoms with Crippen LogP contribution >= 0.6 is 0 Å². The maximum absolute atomic E-state index is 12.2. The fraction of sp³-hybridized carbons (Fsp3) is 0.333. The highest BCUT2D eigenvalue weighted by molar-refractivity contribution is 5.78. The van der Waals surface area contributed by atoms with Gasteiger partial charge in [0.05, 0.1) is 26.2 Å². The summed E-state index contributed by atoms with van der Waals surface area (Å²) in [5, 5.41) is 2.91. The summed E-state index contributed by atoms with van der Waals surface area (Å²) in [4.78, 5) is 23.9. The summed E-state index contributed by atoms with van der Waals surface area (Å²) in [5.41, 5.74) is 2.01. The van der Waals surface area contributed by atoms with Crippen molar-refractivity contribution in [2.45, 2.75) is 32.2 Å². The van der Waals surface area contributed by atoms with E-state index in [9.17, 15) is 9.59 Å². The van der Waals surface area contributed by atoms with Gasteiger partial charge in [0.2, 0.25) is 5.91 Å². The number of carbonyl (C=O) groups is 2. The topological polar surface area (TPSA) is 64.6 Å². The van der Waals surface area contributed by atoms with Gasteiger partial charge >= 0.3 is 5.97 Å². The predicted molar refractivity (Wildman–Crippen MR) is 99.9 cm³/mol. The first-order valence-corrected chi connectivity index (χ1v) is 8.69. The molecule has 0 bridgehead atoms. The van der Waals surface area contributed by atoms with Crippen molar-refractivity contribution in [1.29, 1.82) is 0 Å². The molecule has 0 aliphatic rings. The summed E-state index contributed by atoms with van der Waals surface area (Å²) in [6.45, 7) is 2.47. The Kier molecular flexibility index (Phi) is 7.68. The van der Waals surface area contributed by atoms with Crippen LogP contribution in [0.25, 0.3) is 0 Å². The minimum atomic E-state index is -0.395. The minimum absolute atomic E-state index is 0.103. The number of nitrogens with one attached hydrogen (secondary N) is 1. The van der Waals surface area contributed by atoms with Gasteiger partial charge in [-0.2, -0.15) is 0 Å². The lowest BCUT2D eigenvalue weighted by atomic mass is 10.0. The van der Waals surface area contributed by atoms with Gasteiger partial charge in [-0.25, -0.2) is 0 Å².